The first-order valence-electron chi connectivity index (χ1n) is 6.37. The molecule has 0 aliphatic carbocycles. The zero-order valence-corrected chi connectivity index (χ0v) is 11.4. The van der Waals surface area contributed by atoms with Crippen molar-refractivity contribution in [3.05, 3.63) is 65.0 Å². The summed E-state index contributed by atoms with van der Waals surface area (Å²) in [7, 11) is 0. The Bertz CT molecular complexity index is 596. The Morgan fingerprint density at radius 1 is 1.35 bits per heavy atom. The summed E-state index contributed by atoms with van der Waals surface area (Å²) in [6, 6.07) is 9.71. The van der Waals surface area contributed by atoms with Gasteiger partial charge in [0.15, 0.2) is 5.84 Å². The summed E-state index contributed by atoms with van der Waals surface area (Å²) in [6.07, 6.45) is 3.61. The highest BCUT2D eigenvalue weighted by Crippen LogP contribution is 2.11. The molecule has 0 aliphatic heterocycles. The fourth-order valence-corrected chi connectivity index (χ4v) is 1.96. The second-order valence-electron chi connectivity index (χ2n) is 4.59. The molecule has 4 N–H and O–H groups in total. The van der Waals surface area contributed by atoms with E-state index in [1.54, 1.807) is 6.20 Å². The van der Waals surface area contributed by atoms with Gasteiger partial charge in [-0.25, -0.2) is 0 Å². The molecule has 0 aliphatic rings. The Kier molecular flexibility index (Phi) is 4.68. The van der Waals surface area contributed by atoms with Crippen LogP contribution in [0.15, 0.2) is 47.9 Å². The molecule has 2 aromatic rings. The van der Waals surface area contributed by atoms with Crippen LogP contribution in [0.3, 0.4) is 0 Å². The Hall–Kier alpha value is -2.40. The smallest absolute Gasteiger partial charge is 0.170 e. The highest BCUT2D eigenvalue weighted by Gasteiger charge is 2.03. The van der Waals surface area contributed by atoms with Gasteiger partial charge in [0, 0.05) is 31.0 Å². The van der Waals surface area contributed by atoms with Gasteiger partial charge < -0.3 is 16.3 Å². The first-order chi connectivity index (χ1) is 9.70. The Labute approximate surface area is 118 Å². The third-order valence-electron chi connectivity index (χ3n) is 3.11. The maximum atomic E-state index is 8.66. The van der Waals surface area contributed by atoms with Crippen LogP contribution < -0.4 is 11.1 Å². The summed E-state index contributed by atoms with van der Waals surface area (Å²) in [5.74, 6) is 0.128. The highest BCUT2D eigenvalue weighted by molar-refractivity contribution is 5.97. The molecular weight excluding hydrogens is 252 g/mol. The number of aryl methyl sites for hydroxylation is 1. The van der Waals surface area contributed by atoms with E-state index >= 15 is 0 Å². The van der Waals surface area contributed by atoms with Crippen molar-refractivity contribution in [3.63, 3.8) is 0 Å². The number of hydrogen-bond acceptors (Lipinski definition) is 4. The molecular formula is C15H18N4O. The molecule has 1 aromatic heterocycles. The van der Waals surface area contributed by atoms with Gasteiger partial charge in [0.2, 0.25) is 0 Å². The molecule has 2 rings (SSSR count). The molecule has 104 valence electrons. The lowest BCUT2D eigenvalue weighted by Crippen LogP contribution is -2.16. The van der Waals surface area contributed by atoms with Crippen molar-refractivity contribution in [2.24, 2.45) is 10.9 Å². The van der Waals surface area contributed by atoms with Gasteiger partial charge in [-0.2, -0.15) is 0 Å². The van der Waals surface area contributed by atoms with Gasteiger partial charge >= 0.3 is 0 Å². The van der Waals surface area contributed by atoms with E-state index in [9.17, 15) is 0 Å². The Balaban J connectivity index is 1.97. The van der Waals surface area contributed by atoms with Gasteiger partial charge in [-0.1, -0.05) is 23.4 Å². The summed E-state index contributed by atoms with van der Waals surface area (Å²) in [5, 5.41) is 15.0. The molecule has 0 radical (unpaired) electrons. The third kappa shape index (κ3) is 3.55. The summed E-state index contributed by atoms with van der Waals surface area (Å²) in [6.45, 7) is 3.54. The van der Waals surface area contributed by atoms with Crippen LogP contribution in [0.1, 0.15) is 22.3 Å². The SMILES string of the molecule is Cc1cc(/C(N)=N/O)ccc1CNCc1cccnc1. The zero-order chi connectivity index (χ0) is 14.4. The van der Waals surface area contributed by atoms with Gasteiger partial charge in [0.25, 0.3) is 0 Å². The maximum Gasteiger partial charge on any atom is 0.170 e. The van der Waals surface area contributed by atoms with Crippen LogP contribution in [0.4, 0.5) is 0 Å². The molecule has 0 bridgehead atoms. The first kappa shape index (κ1) is 14.0. The normalized spacial score (nSPS) is 11.6. The number of oxime groups is 1. The van der Waals surface area contributed by atoms with Crippen molar-refractivity contribution in [3.8, 4) is 0 Å². The number of pyridine rings is 1. The molecule has 0 atom stereocenters. The Morgan fingerprint density at radius 3 is 2.85 bits per heavy atom. The number of nitrogens with two attached hydrogens (primary N) is 1. The van der Waals surface area contributed by atoms with Crippen molar-refractivity contribution in [2.45, 2.75) is 20.0 Å². The third-order valence-corrected chi connectivity index (χ3v) is 3.11. The standard InChI is InChI=1S/C15H18N4O/c1-11-7-13(15(16)19-20)4-5-14(11)10-18-9-12-3-2-6-17-8-12/h2-8,18,20H,9-10H2,1H3,(H2,16,19). The predicted octanol–water partition coefficient (Wildman–Crippen LogP) is 1.77. The van der Waals surface area contributed by atoms with Crippen molar-refractivity contribution in [1.82, 2.24) is 10.3 Å². The lowest BCUT2D eigenvalue weighted by molar-refractivity contribution is 0.318. The van der Waals surface area contributed by atoms with Crippen LogP contribution in [-0.2, 0) is 13.1 Å². The van der Waals surface area contributed by atoms with Crippen LogP contribution >= 0.6 is 0 Å². The van der Waals surface area contributed by atoms with E-state index in [0.717, 1.165) is 29.8 Å². The molecule has 0 spiro atoms. The molecule has 0 saturated heterocycles. The van der Waals surface area contributed by atoms with Gasteiger partial charge in [-0.15, -0.1) is 0 Å². The van der Waals surface area contributed by atoms with Crippen LogP contribution in [0.2, 0.25) is 0 Å². The summed E-state index contributed by atoms with van der Waals surface area (Å²) in [5.41, 5.74) is 9.73. The first-order valence-corrected chi connectivity index (χ1v) is 6.37. The number of benzene rings is 1. The van der Waals surface area contributed by atoms with Gasteiger partial charge in [-0.3, -0.25) is 4.98 Å². The highest BCUT2D eigenvalue weighted by atomic mass is 16.4. The van der Waals surface area contributed by atoms with E-state index in [2.05, 4.69) is 15.5 Å². The minimum absolute atomic E-state index is 0.128. The number of rotatable bonds is 5. The summed E-state index contributed by atoms with van der Waals surface area (Å²) < 4.78 is 0. The zero-order valence-electron chi connectivity index (χ0n) is 11.4. The summed E-state index contributed by atoms with van der Waals surface area (Å²) >= 11 is 0. The molecule has 1 aromatic carbocycles. The van der Waals surface area contributed by atoms with E-state index in [1.807, 2.05) is 43.5 Å². The van der Waals surface area contributed by atoms with Crippen molar-refractivity contribution >= 4 is 5.84 Å². The quantitative estimate of drug-likeness (QED) is 0.335. The molecule has 0 amide bonds. The molecule has 0 saturated carbocycles. The second-order valence-corrected chi connectivity index (χ2v) is 4.59. The molecule has 0 unspecified atom stereocenters. The maximum absolute atomic E-state index is 8.66. The van der Waals surface area contributed by atoms with E-state index in [0.29, 0.717) is 0 Å². The van der Waals surface area contributed by atoms with Gasteiger partial charge in [-0.05, 0) is 35.7 Å². The molecule has 5 nitrogen and oxygen atoms in total. The number of nitrogens with one attached hydrogen (secondary N) is 1. The Morgan fingerprint density at radius 2 is 2.20 bits per heavy atom. The van der Waals surface area contributed by atoms with Crippen LogP contribution in [0.5, 0.6) is 0 Å². The average Bonchev–Trinajstić information content (AvgIpc) is 2.49. The fraction of sp³-hybridized carbons (Fsp3) is 0.200. The minimum Gasteiger partial charge on any atom is -0.409 e. The van der Waals surface area contributed by atoms with E-state index < -0.39 is 0 Å². The molecule has 5 heteroatoms. The van der Waals surface area contributed by atoms with Gasteiger partial charge in [0.1, 0.15) is 0 Å². The van der Waals surface area contributed by atoms with E-state index in [1.165, 1.54) is 5.56 Å². The van der Waals surface area contributed by atoms with E-state index in [-0.39, 0.29) is 5.84 Å². The second kappa shape index (κ2) is 6.68. The fourth-order valence-electron chi connectivity index (χ4n) is 1.96. The van der Waals surface area contributed by atoms with Crippen LogP contribution in [-0.4, -0.2) is 16.0 Å². The van der Waals surface area contributed by atoms with Crippen LogP contribution in [0.25, 0.3) is 0 Å². The van der Waals surface area contributed by atoms with Crippen molar-refractivity contribution in [1.29, 1.82) is 0 Å². The molecule has 20 heavy (non-hydrogen) atoms. The number of amidine groups is 1. The molecule has 1 heterocycles. The lowest BCUT2D eigenvalue weighted by Gasteiger charge is -2.09. The monoisotopic (exact) mass is 270 g/mol. The number of nitrogens with zero attached hydrogens (tertiary/aromatic N) is 2. The van der Waals surface area contributed by atoms with Gasteiger partial charge in [0.05, 0.1) is 0 Å². The number of hydrogen-bond donors (Lipinski definition) is 3. The minimum atomic E-state index is 0.128. The van der Waals surface area contributed by atoms with E-state index in [4.69, 9.17) is 10.9 Å². The van der Waals surface area contributed by atoms with Crippen LogP contribution in [0, 0.1) is 6.92 Å². The van der Waals surface area contributed by atoms with Crippen molar-refractivity contribution < 1.29 is 5.21 Å². The lowest BCUT2D eigenvalue weighted by atomic mass is 10.0. The van der Waals surface area contributed by atoms with Crippen molar-refractivity contribution in [2.75, 3.05) is 0 Å². The number of aromatic nitrogens is 1. The largest absolute Gasteiger partial charge is 0.409 e. The predicted molar refractivity (Wildman–Crippen MR) is 78.5 cm³/mol. The summed E-state index contributed by atoms with van der Waals surface area (Å²) in [4.78, 5) is 4.08. The average molecular weight is 270 g/mol. The topological polar surface area (TPSA) is 83.5 Å². The molecule has 0 fully saturated rings.